The Hall–Kier alpha value is -2.14. The zero-order valence-electron chi connectivity index (χ0n) is 14.5. The van der Waals surface area contributed by atoms with Crippen LogP contribution in [0.2, 0.25) is 0 Å². The van der Waals surface area contributed by atoms with Crippen molar-refractivity contribution in [1.82, 2.24) is 10.2 Å². The highest BCUT2D eigenvalue weighted by Crippen LogP contribution is 2.24. The largest absolute Gasteiger partial charge is 0.444 e. The quantitative estimate of drug-likeness (QED) is 0.848. The van der Waals surface area contributed by atoms with E-state index in [2.05, 4.69) is 11.9 Å². The van der Waals surface area contributed by atoms with Gasteiger partial charge in [0.05, 0.1) is 6.04 Å². The molecule has 2 unspecified atom stereocenters. The van der Waals surface area contributed by atoms with Crippen LogP contribution >= 0.6 is 0 Å². The molecule has 0 heterocycles. The number of alkyl carbamates (subject to hydrolysis) is 1. The fourth-order valence-corrected chi connectivity index (χ4v) is 2.32. The molecule has 2 amide bonds. The first-order valence-electron chi connectivity index (χ1n) is 7.53. The number of rotatable bonds is 5. The van der Waals surface area contributed by atoms with E-state index in [0.717, 1.165) is 5.56 Å². The van der Waals surface area contributed by atoms with Crippen molar-refractivity contribution in [3.63, 3.8) is 0 Å². The Balaban J connectivity index is 2.94. The van der Waals surface area contributed by atoms with Crippen LogP contribution in [0.1, 0.15) is 32.3 Å². The number of ether oxygens (including phenoxy) is 1. The van der Waals surface area contributed by atoms with E-state index in [1.165, 1.54) is 0 Å². The second-order valence-corrected chi connectivity index (χ2v) is 6.57. The van der Waals surface area contributed by atoms with Crippen LogP contribution in [0.15, 0.2) is 43.0 Å². The van der Waals surface area contributed by atoms with Gasteiger partial charge < -0.3 is 4.74 Å². The predicted molar refractivity (Wildman–Crippen MR) is 91.2 cm³/mol. The summed E-state index contributed by atoms with van der Waals surface area (Å²) in [5.74, 6) is -0.661. The van der Waals surface area contributed by atoms with Gasteiger partial charge in [0.2, 0.25) is 5.91 Å². The first-order chi connectivity index (χ1) is 10.7. The standard InChI is InChI=1S/C18H26N2O3/c1-7-14(13-11-9-8-10-12-13)15(20(5)6)16(21)19-17(22)23-18(2,3)4/h7-12,14-15H,1H2,2-6H3,(H,19,21,22). The number of carbonyl (C=O) groups excluding carboxylic acids is 2. The highest BCUT2D eigenvalue weighted by molar-refractivity contribution is 5.95. The summed E-state index contributed by atoms with van der Waals surface area (Å²) in [5.41, 5.74) is 0.301. The average Bonchev–Trinajstić information content (AvgIpc) is 2.42. The van der Waals surface area contributed by atoms with Gasteiger partial charge in [-0.1, -0.05) is 36.4 Å². The Bertz CT molecular complexity index is 547. The van der Waals surface area contributed by atoms with E-state index in [1.807, 2.05) is 30.3 Å². The maximum atomic E-state index is 12.6. The summed E-state index contributed by atoms with van der Waals surface area (Å²) in [6.07, 6.45) is 0.972. The van der Waals surface area contributed by atoms with Gasteiger partial charge in [-0.25, -0.2) is 4.79 Å². The summed E-state index contributed by atoms with van der Waals surface area (Å²) >= 11 is 0. The minimum atomic E-state index is -0.745. The molecule has 0 bridgehead atoms. The van der Waals surface area contributed by atoms with Crippen molar-refractivity contribution in [2.75, 3.05) is 14.1 Å². The summed E-state index contributed by atoms with van der Waals surface area (Å²) in [4.78, 5) is 26.2. The number of likely N-dealkylation sites (N-methyl/N-ethyl adjacent to an activating group) is 1. The van der Waals surface area contributed by atoms with Gasteiger partial charge in [-0.3, -0.25) is 15.0 Å². The van der Waals surface area contributed by atoms with Crippen molar-refractivity contribution in [2.45, 2.75) is 38.3 Å². The normalized spacial score (nSPS) is 14.0. The molecule has 0 saturated carbocycles. The second kappa shape index (κ2) is 7.92. The van der Waals surface area contributed by atoms with Crippen molar-refractivity contribution >= 4 is 12.0 Å². The molecule has 0 radical (unpaired) electrons. The molecule has 1 rings (SSSR count). The van der Waals surface area contributed by atoms with Crippen LogP contribution in [0, 0.1) is 0 Å². The van der Waals surface area contributed by atoms with Crippen LogP contribution in [0.5, 0.6) is 0 Å². The van der Waals surface area contributed by atoms with Gasteiger partial charge in [0.15, 0.2) is 0 Å². The molecule has 1 aromatic carbocycles. The zero-order valence-corrected chi connectivity index (χ0v) is 14.5. The monoisotopic (exact) mass is 318 g/mol. The summed E-state index contributed by atoms with van der Waals surface area (Å²) < 4.78 is 5.14. The maximum absolute atomic E-state index is 12.6. The van der Waals surface area contributed by atoms with Crippen molar-refractivity contribution in [1.29, 1.82) is 0 Å². The summed E-state index contributed by atoms with van der Waals surface area (Å²) in [7, 11) is 3.58. The van der Waals surface area contributed by atoms with Gasteiger partial charge in [-0.15, -0.1) is 6.58 Å². The van der Waals surface area contributed by atoms with E-state index in [4.69, 9.17) is 4.74 Å². The Morgan fingerprint density at radius 1 is 1.22 bits per heavy atom. The van der Waals surface area contributed by atoms with Gasteiger partial charge in [0.25, 0.3) is 0 Å². The highest BCUT2D eigenvalue weighted by atomic mass is 16.6. The number of nitrogens with one attached hydrogen (secondary N) is 1. The van der Waals surface area contributed by atoms with Crippen LogP contribution < -0.4 is 5.32 Å². The van der Waals surface area contributed by atoms with Gasteiger partial charge in [-0.05, 0) is 40.4 Å². The molecule has 0 aliphatic heterocycles. The van der Waals surface area contributed by atoms with Crippen molar-refractivity contribution < 1.29 is 14.3 Å². The summed E-state index contributed by atoms with van der Waals surface area (Å²) in [5, 5.41) is 2.31. The molecule has 0 saturated heterocycles. The van der Waals surface area contributed by atoms with Crippen molar-refractivity contribution in [3.05, 3.63) is 48.6 Å². The average molecular weight is 318 g/mol. The molecule has 5 heteroatoms. The number of hydrogen-bond donors (Lipinski definition) is 1. The number of hydrogen-bond acceptors (Lipinski definition) is 4. The fourth-order valence-electron chi connectivity index (χ4n) is 2.32. The Labute approximate surface area is 138 Å². The topological polar surface area (TPSA) is 58.6 Å². The molecule has 0 fully saturated rings. The Morgan fingerprint density at radius 2 is 1.78 bits per heavy atom. The molecule has 1 aromatic rings. The number of carbonyl (C=O) groups is 2. The van der Waals surface area contributed by atoms with E-state index in [-0.39, 0.29) is 5.92 Å². The molecule has 23 heavy (non-hydrogen) atoms. The smallest absolute Gasteiger partial charge is 0.414 e. The lowest BCUT2D eigenvalue weighted by Crippen LogP contribution is -2.49. The van der Waals surface area contributed by atoms with E-state index >= 15 is 0 Å². The van der Waals surface area contributed by atoms with Crippen LogP contribution in [-0.4, -0.2) is 42.6 Å². The van der Waals surface area contributed by atoms with Crippen LogP contribution in [0.25, 0.3) is 0 Å². The van der Waals surface area contributed by atoms with Gasteiger partial charge in [0, 0.05) is 5.92 Å². The number of amides is 2. The molecule has 0 aliphatic carbocycles. The summed E-state index contributed by atoms with van der Waals surface area (Å²) in [6, 6.07) is 9.03. The summed E-state index contributed by atoms with van der Waals surface area (Å²) in [6.45, 7) is 9.08. The van der Waals surface area contributed by atoms with Gasteiger partial charge in [-0.2, -0.15) is 0 Å². The zero-order chi connectivity index (χ0) is 17.6. The fraction of sp³-hybridized carbons (Fsp3) is 0.444. The number of nitrogens with zero attached hydrogens (tertiary/aromatic N) is 1. The first-order valence-corrected chi connectivity index (χ1v) is 7.53. The predicted octanol–water partition coefficient (Wildman–Crippen LogP) is 2.94. The molecule has 126 valence electrons. The van der Waals surface area contributed by atoms with E-state index in [0.29, 0.717) is 0 Å². The molecular weight excluding hydrogens is 292 g/mol. The van der Waals surface area contributed by atoms with E-state index in [1.54, 1.807) is 45.8 Å². The lowest BCUT2D eigenvalue weighted by atomic mass is 9.90. The molecule has 0 aromatic heterocycles. The third kappa shape index (κ3) is 5.87. The van der Waals surface area contributed by atoms with Crippen LogP contribution in [0.3, 0.4) is 0 Å². The molecule has 1 N–H and O–H groups in total. The lowest BCUT2D eigenvalue weighted by Gasteiger charge is -2.30. The minimum Gasteiger partial charge on any atom is -0.444 e. The molecule has 5 nitrogen and oxygen atoms in total. The van der Waals surface area contributed by atoms with E-state index < -0.39 is 23.6 Å². The van der Waals surface area contributed by atoms with Crippen LogP contribution in [0.4, 0.5) is 4.79 Å². The maximum Gasteiger partial charge on any atom is 0.414 e. The molecule has 2 atom stereocenters. The lowest BCUT2D eigenvalue weighted by molar-refractivity contribution is -0.125. The van der Waals surface area contributed by atoms with Crippen molar-refractivity contribution in [3.8, 4) is 0 Å². The Kier molecular flexibility index (Phi) is 6.51. The molecule has 0 aliphatic rings. The first kappa shape index (κ1) is 18.9. The molecular formula is C18H26N2O3. The van der Waals surface area contributed by atoms with E-state index in [9.17, 15) is 9.59 Å². The second-order valence-electron chi connectivity index (χ2n) is 6.57. The highest BCUT2D eigenvalue weighted by Gasteiger charge is 2.31. The number of benzene rings is 1. The van der Waals surface area contributed by atoms with Crippen molar-refractivity contribution in [2.24, 2.45) is 0 Å². The van der Waals surface area contributed by atoms with Gasteiger partial charge in [0.1, 0.15) is 5.60 Å². The van der Waals surface area contributed by atoms with Gasteiger partial charge >= 0.3 is 6.09 Å². The SMILES string of the molecule is C=CC(c1ccccc1)C(C(=O)NC(=O)OC(C)(C)C)N(C)C. The Morgan fingerprint density at radius 3 is 2.22 bits per heavy atom. The molecule has 0 spiro atoms. The minimum absolute atomic E-state index is 0.242. The third-order valence-electron chi connectivity index (χ3n) is 3.23. The van der Waals surface area contributed by atoms with Crippen LogP contribution in [-0.2, 0) is 9.53 Å². The number of imide groups is 1. The third-order valence-corrected chi connectivity index (χ3v) is 3.23.